The van der Waals surface area contributed by atoms with Crippen LogP contribution in [-0.4, -0.2) is 31.1 Å². The monoisotopic (exact) mass is 441 g/mol. The number of hydrogen-bond acceptors (Lipinski definition) is 6. The van der Waals surface area contributed by atoms with Crippen molar-refractivity contribution in [3.05, 3.63) is 70.4 Å². The lowest BCUT2D eigenvalue weighted by molar-refractivity contribution is 0.0973. The van der Waals surface area contributed by atoms with Crippen molar-refractivity contribution in [3.63, 3.8) is 0 Å². The van der Waals surface area contributed by atoms with Crippen molar-refractivity contribution in [2.24, 2.45) is 0 Å². The first-order chi connectivity index (χ1) is 14.5. The van der Waals surface area contributed by atoms with Crippen LogP contribution < -0.4 is 25.4 Å². The van der Waals surface area contributed by atoms with E-state index in [1.54, 1.807) is 48.5 Å². The molecule has 0 fully saturated rings. The highest BCUT2D eigenvalue weighted by molar-refractivity contribution is 7.80. The van der Waals surface area contributed by atoms with Crippen LogP contribution >= 0.6 is 23.6 Å². The second-order valence-electron chi connectivity index (χ2n) is 5.98. The molecule has 3 N–H and O–H groups in total. The van der Waals surface area contributed by atoms with Gasteiger partial charge in [0.2, 0.25) is 0 Å². The van der Waals surface area contributed by atoms with Crippen molar-refractivity contribution in [3.8, 4) is 11.5 Å². The van der Waals surface area contributed by atoms with Crippen LogP contribution in [0.4, 0.5) is 11.4 Å². The molecule has 1 aromatic heterocycles. The van der Waals surface area contributed by atoms with Crippen LogP contribution in [0.15, 0.2) is 60.0 Å². The zero-order valence-electron chi connectivity index (χ0n) is 16.2. The number of nitrogens with one attached hydrogen (secondary N) is 3. The summed E-state index contributed by atoms with van der Waals surface area (Å²) in [6.07, 6.45) is 0. The summed E-state index contributed by atoms with van der Waals surface area (Å²) in [5.41, 5.74) is 1.64. The topological polar surface area (TPSA) is 88.7 Å². The van der Waals surface area contributed by atoms with Crippen molar-refractivity contribution in [2.75, 3.05) is 24.9 Å². The molecule has 0 saturated heterocycles. The van der Waals surface area contributed by atoms with Crippen molar-refractivity contribution < 1.29 is 19.1 Å². The Bertz CT molecular complexity index is 1050. The fraction of sp³-hybridized carbons (Fsp3) is 0.0952. The second kappa shape index (κ2) is 9.86. The molecular formula is C21H19N3O4S2. The van der Waals surface area contributed by atoms with E-state index in [1.807, 2.05) is 11.4 Å². The normalized spacial score (nSPS) is 10.1. The molecule has 3 rings (SSSR count). The van der Waals surface area contributed by atoms with Crippen LogP contribution in [0.25, 0.3) is 0 Å². The van der Waals surface area contributed by atoms with Gasteiger partial charge in [0, 0.05) is 17.4 Å². The molecule has 0 unspecified atom stereocenters. The minimum atomic E-state index is -0.410. The number of methoxy groups -OCH3 is 2. The van der Waals surface area contributed by atoms with Crippen molar-refractivity contribution in [1.82, 2.24) is 5.32 Å². The second-order valence-corrected chi connectivity index (χ2v) is 7.34. The number of carbonyl (C=O) groups is 2. The summed E-state index contributed by atoms with van der Waals surface area (Å²) in [6, 6.07) is 15.4. The van der Waals surface area contributed by atoms with Gasteiger partial charge in [-0.1, -0.05) is 6.07 Å². The molecule has 0 radical (unpaired) electrons. The number of thiocarbonyl (C=S) groups is 1. The summed E-state index contributed by atoms with van der Waals surface area (Å²) in [5.74, 6) is 0.379. The summed E-state index contributed by atoms with van der Waals surface area (Å²) in [4.78, 5) is 25.2. The Morgan fingerprint density at radius 3 is 2.20 bits per heavy atom. The Balaban J connectivity index is 1.58. The van der Waals surface area contributed by atoms with E-state index < -0.39 is 5.91 Å². The van der Waals surface area contributed by atoms with Crippen molar-refractivity contribution >= 4 is 51.9 Å². The van der Waals surface area contributed by atoms with Gasteiger partial charge in [0.05, 0.1) is 24.7 Å². The van der Waals surface area contributed by atoms with Gasteiger partial charge in [-0.05, 0) is 60.1 Å². The van der Waals surface area contributed by atoms with Crippen LogP contribution in [-0.2, 0) is 0 Å². The number of amides is 2. The van der Waals surface area contributed by atoms with E-state index in [0.717, 1.165) is 0 Å². The lowest BCUT2D eigenvalue weighted by atomic mass is 10.2. The van der Waals surface area contributed by atoms with E-state index in [-0.39, 0.29) is 11.0 Å². The van der Waals surface area contributed by atoms with Crippen LogP contribution in [0.5, 0.6) is 11.5 Å². The van der Waals surface area contributed by atoms with E-state index in [1.165, 1.54) is 25.6 Å². The number of thiophene rings is 1. The molecule has 0 atom stereocenters. The zero-order valence-corrected chi connectivity index (χ0v) is 17.9. The predicted octanol–water partition coefficient (Wildman–Crippen LogP) is 4.14. The molecule has 9 heteroatoms. The summed E-state index contributed by atoms with van der Waals surface area (Å²) >= 11 is 6.59. The largest absolute Gasteiger partial charge is 0.497 e. The first-order valence-corrected chi connectivity index (χ1v) is 10.1. The third-order valence-electron chi connectivity index (χ3n) is 4.03. The summed E-state index contributed by atoms with van der Waals surface area (Å²) < 4.78 is 10.4. The number of hydrogen-bond donors (Lipinski definition) is 3. The van der Waals surface area contributed by atoms with Gasteiger partial charge in [-0.25, -0.2) is 0 Å². The van der Waals surface area contributed by atoms with E-state index in [0.29, 0.717) is 33.3 Å². The molecule has 154 valence electrons. The number of rotatable bonds is 6. The molecule has 0 aliphatic carbocycles. The van der Waals surface area contributed by atoms with E-state index in [2.05, 4.69) is 16.0 Å². The number of carbonyl (C=O) groups excluding carboxylic acids is 2. The third kappa shape index (κ3) is 5.34. The maximum Gasteiger partial charge on any atom is 0.265 e. The lowest BCUT2D eigenvalue weighted by Gasteiger charge is -2.13. The van der Waals surface area contributed by atoms with E-state index >= 15 is 0 Å². The maximum atomic E-state index is 12.5. The van der Waals surface area contributed by atoms with Gasteiger partial charge in [-0.15, -0.1) is 11.3 Å². The minimum Gasteiger partial charge on any atom is -0.497 e. The van der Waals surface area contributed by atoms with Gasteiger partial charge in [0.15, 0.2) is 5.11 Å². The summed E-state index contributed by atoms with van der Waals surface area (Å²) in [5, 5.41) is 10.3. The van der Waals surface area contributed by atoms with Gasteiger partial charge < -0.3 is 20.1 Å². The van der Waals surface area contributed by atoms with E-state index in [9.17, 15) is 9.59 Å². The first-order valence-electron chi connectivity index (χ1n) is 8.79. The molecule has 0 aliphatic rings. The minimum absolute atomic E-state index is 0.133. The summed E-state index contributed by atoms with van der Waals surface area (Å²) in [7, 11) is 3.01. The maximum absolute atomic E-state index is 12.5. The smallest absolute Gasteiger partial charge is 0.265 e. The first kappa shape index (κ1) is 21.3. The molecular weight excluding hydrogens is 422 g/mol. The van der Waals surface area contributed by atoms with Crippen LogP contribution in [0.2, 0.25) is 0 Å². The molecule has 3 aromatic rings. The highest BCUT2D eigenvalue weighted by Crippen LogP contribution is 2.24. The third-order valence-corrected chi connectivity index (χ3v) is 5.10. The van der Waals surface area contributed by atoms with Gasteiger partial charge in [-0.2, -0.15) is 0 Å². The predicted molar refractivity (Wildman–Crippen MR) is 122 cm³/mol. The number of ether oxygens (including phenoxy) is 2. The van der Waals surface area contributed by atoms with Crippen molar-refractivity contribution in [1.29, 1.82) is 0 Å². The fourth-order valence-corrected chi connectivity index (χ4v) is 3.39. The molecule has 7 nitrogen and oxygen atoms in total. The molecule has 0 aliphatic heterocycles. The van der Waals surface area contributed by atoms with Crippen LogP contribution in [0, 0.1) is 0 Å². The Labute approximate surface area is 183 Å². The Morgan fingerprint density at radius 1 is 0.900 bits per heavy atom. The average molecular weight is 442 g/mol. The van der Waals surface area contributed by atoms with Gasteiger partial charge in [0.25, 0.3) is 11.8 Å². The Kier molecular flexibility index (Phi) is 6.99. The molecule has 30 heavy (non-hydrogen) atoms. The molecule has 2 amide bonds. The van der Waals surface area contributed by atoms with Gasteiger partial charge >= 0.3 is 0 Å². The SMILES string of the molecule is COc1ccc(C(=O)NC(=S)Nc2ccc(NC(=O)c3cccs3)cc2)c(OC)c1. The molecule has 2 aromatic carbocycles. The number of anilines is 2. The standard InChI is InChI=1S/C21H19N3O4S2/c1-27-15-9-10-16(17(12-15)28-2)19(25)24-21(29)23-14-7-5-13(6-8-14)22-20(26)18-4-3-11-30-18/h3-12H,1-2H3,(H,22,26)(H2,23,24,25,29). The zero-order chi connectivity index (χ0) is 21.5. The molecule has 1 heterocycles. The van der Waals surface area contributed by atoms with Crippen molar-refractivity contribution in [2.45, 2.75) is 0 Å². The van der Waals surface area contributed by atoms with Gasteiger partial charge in [0.1, 0.15) is 11.5 Å². The number of benzene rings is 2. The lowest BCUT2D eigenvalue weighted by Crippen LogP contribution is -2.34. The average Bonchev–Trinajstić information content (AvgIpc) is 3.29. The summed E-state index contributed by atoms with van der Waals surface area (Å²) in [6.45, 7) is 0. The van der Waals surface area contributed by atoms with E-state index in [4.69, 9.17) is 21.7 Å². The quantitative estimate of drug-likeness (QED) is 0.498. The Morgan fingerprint density at radius 2 is 1.60 bits per heavy atom. The highest BCUT2D eigenvalue weighted by Gasteiger charge is 2.15. The molecule has 0 spiro atoms. The Hall–Kier alpha value is -3.43. The van der Waals surface area contributed by atoms with Gasteiger partial charge in [-0.3, -0.25) is 14.9 Å². The molecule has 0 bridgehead atoms. The highest BCUT2D eigenvalue weighted by atomic mass is 32.1. The fourth-order valence-electron chi connectivity index (χ4n) is 2.56. The molecule has 0 saturated carbocycles. The van der Waals surface area contributed by atoms with Crippen LogP contribution in [0.1, 0.15) is 20.0 Å². The van der Waals surface area contributed by atoms with Crippen LogP contribution in [0.3, 0.4) is 0 Å².